The van der Waals surface area contributed by atoms with Crippen molar-refractivity contribution in [2.45, 2.75) is 46.6 Å². The van der Waals surface area contributed by atoms with E-state index in [-0.39, 0.29) is 35.6 Å². The van der Waals surface area contributed by atoms with E-state index in [0.717, 1.165) is 31.7 Å². The van der Waals surface area contributed by atoms with E-state index in [1.54, 1.807) is 24.3 Å². The Balaban J connectivity index is 0.00000392. The Morgan fingerprint density at radius 3 is 2.32 bits per heavy atom. The van der Waals surface area contributed by atoms with Crippen LogP contribution in [0.3, 0.4) is 0 Å². The summed E-state index contributed by atoms with van der Waals surface area (Å²) in [4.78, 5) is 25.3. The molecule has 0 spiro atoms. The summed E-state index contributed by atoms with van der Waals surface area (Å²) in [6.07, 6.45) is 2.08. The third kappa shape index (κ3) is 6.99. The second kappa shape index (κ2) is 11.3. The van der Waals surface area contributed by atoms with Gasteiger partial charge in [0.05, 0.1) is 6.61 Å². The predicted molar refractivity (Wildman–Crippen MR) is 114 cm³/mol. The Kier molecular flexibility index (Phi) is 9.76. The van der Waals surface area contributed by atoms with E-state index in [1.807, 2.05) is 20.8 Å². The van der Waals surface area contributed by atoms with Gasteiger partial charge in [-0.15, -0.1) is 12.4 Å². The average Bonchev–Trinajstić information content (AvgIpc) is 2.65. The maximum atomic E-state index is 12.7. The van der Waals surface area contributed by atoms with Crippen molar-refractivity contribution in [3.63, 3.8) is 0 Å². The van der Waals surface area contributed by atoms with Crippen molar-refractivity contribution in [2.75, 3.05) is 26.2 Å². The van der Waals surface area contributed by atoms with Crippen molar-refractivity contribution in [3.05, 3.63) is 29.8 Å². The zero-order chi connectivity index (χ0) is 19.9. The molecule has 0 aromatic heterocycles. The SMILES string of the molecule is CCOc1ccc(C(=O)NC(C(=O)NCC2(C)CCNCC2)C(C)C)cc1.Cl. The topological polar surface area (TPSA) is 79.5 Å². The molecule has 7 heteroatoms. The summed E-state index contributed by atoms with van der Waals surface area (Å²) < 4.78 is 5.40. The van der Waals surface area contributed by atoms with Crippen molar-refractivity contribution >= 4 is 24.2 Å². The number of nitrogens with one attached hydrogen (secondary N) is 3. The summed E-state index contributed by atoms with van der Waals surface area (Å²) in [7, 11) is 0. The number of hydrogen-bond acceptors (Lipinski definition) is 4. The number of halogens is 1. The van der Waals surface area contributed by atoms with Crippen molar-refractivity contribution < 1.29 is 14.3 Å². The highest BCUT2D eigenvalue weighted by molar-refractivity contribution is 5.97. The molecule has 1 aromatic rings. The van der Waals surface area contributed by atoms with Gasteiger partial charge in [0.15, 0.2) is 0 Å². The lowest BCUT2D eigenvalue weighted by Crippen LogP contribution is -2.52. The molecule has 1 aromatic carbocycles. The quantitative estimate of drug-likeness (QED) is 0.614. The number of ether oxygens (including phenoxy) is 1. The molecular formula is C21H34ClN3O3. The van der Waals surface area contributed by atoms with Crippen molar-refractivity contribution in [1.29, 1.82) is 0 Å². The molecule has 3 N–H and O–H groups in total. The highest BCUT2D eigenvalue weighted by Gasteiger charge is 2.30. The van der Waals surface area contributed by atoms with E-state index in [4.69, 9.17) is 4.74 Å². The maximum Gasteiger partial charge on any atom is 0.251 e. The van der Waals surface area contributed by atoms with Crippen molar-refractivity contribution in [1.82, 2.24) is 16.0 Å². The van der Waals surface area contributed by atoms with Crippen LogP contribution in [0.5, 0.6) is 5.75 Å². The molecule has 2 amide bonds. The lowest BCUT2D eigenvalue weighted by molar-refractivity contribution is -0.124. The summed E-state index contributed by atoms with van der Waals surface area (Å²) >= 11 is 0. The van der Waals surface area contributed by atoms with E-state index in [2.05, 4.69) is 22.9 Å². The summed E-state index contributed by atoms with van der Waals surface area (Å²) in [6, 6.07) is 6.40. The number of rotatable bonds is 8. The number of benzene rings is 1. The molecule has 28 heavy (non-hydrogen) atoms. The van der Waals surface area contributed by atoms with Gasteiger partial charge >= 0.3 is 0 Å². The van der Waals surface area contributed by atoms with E-state index in [0.29, 0.717) is 18.7 Å². The highest BCUT2D eigenvalue weighted by atomic mass is 35.5. The van der Waals surface area contributed by atoms with Gasteiger partial charge in [0.2, 0.25) is 5.91 Å². The van der Waals surface area contributed by atoms with Crippen LogP contribution in [0.2, 0.25) is 0 Å². The molecule has 1 heterocycles. The van der Waals surface area contributed by atoms with Gasteiger partial charge < -0.3 is 20.7 Å². The first-order chi connectivity index (χ1) is 12.8. The van der Waals surface area contributed by atoms with Crippen molar-refractivity contribution in [2.24, 2.45) is 11.3 Å². The van der Waals surface area contributed by atoms with Gasteiger partial charge in [-0.1, -0.05) is 20.8 Å². The summed E-state index contributed by atoms with van der Waals surface area (Å²) in [5.74, 6) is 0.351. The van der Waals surface area contributed by atoms with Crippen LogP contribution >= 0.6 is 12.4 Å². The molecule has 1 aliphatic heterocycles. The first-order valence-corrected chi connectivity index (χ1v) is 9.87. The Hall–Kier alpha value is -1.79. The first-order valence-electron chi connectivity index (χ1n) is 9.87. The molecule has 0 bridgehead atoms. The van der Waals surface area contributed by atoms with Crippen LogP contribution in [-0.4, -0.2) is 44.1 Å². The fraction of sp³-hybridized carbons (Fsp3) is 0.619. The van der Waals surface area contributed by atoms with Crippen LogP contribution in [0.1, 0.15) is 50.9 Å². The third-order valence-electron chi connectivity index (χ3n) is 5.16. The lowest BCUT2D eigenvalue weighted by Gasteiger charge is -2.35. The van der Waals surface area contributed by atoms with Gasteiger partial charge in [0.1, 0.15) is 11.8 Å². The van der Waals surface area contributed by atoms with Gasteiger partial charge in [0.25, 0.3) is 5.91 Å². The second-order valence-corrected chi connectivity index (χ2v) is 7.93. The molecule has 0 saturated carbocycles. The molecule has 158 valence electrons. The molecule has 1 saturated heterocycles. The monoisotopic (exact) mass is 411 g/mol. The van der Waals surface area contributed by atoms with Gasteiger partial charge in [-0.3, -0.25) is 9.59 Å². The molecule has 0 radical (unpaired) electrons. The fourth-order valence-electron chi connectivity index (χ4n) is 3.25. The normalized spacial score (nSPS) is 16.6. The van der Waals surface area contributed by atoms with Crippen molar-refractivity contribution in [3.8, 4) is 5.75 Å². The molecule has 2 rings (SSSR count). The van der Waals surface area contributed by atoms with Crippen LogP contribution in [0, 0.1) is 11.3 Å². The number of amides is 2. The standard InChI is InChI=1S/C21H33N3O3.ClH/c1-5-27-17-8-6-16(7-9-17)19(25)24-18(15(2)3)20(26)23-14-21(4)10-12-22-13-11-21;/h6-9,15,18,22H,5,10-14H2,1-4H3,(H,23,26)(H,24,25);1H. The minimum Gasteiger partial charge on any atom is -0.494 e. The van der Waals surface area contributed by atoms with Gasteiger partial charge in [0, 0.05) is 12.1 Å². The zero-order valence-electron chi connectivity index (χ0n) is 17.3. The number of piperidine rings is 1. The second-order valence-electron chi connectivity index (χ2n) is 7.93. The summed E-state index contributed by atoms with van der Waals surface area (Å²) in [5, 5.41) is 9.28. The van der Waals surface area contributed by atoms with Crippen LogP contribution in [0.15, 0.2) is 24.3 Å². The van der Waals surface area contributed by atoms with E-state index < -0.39 is 6.04 Å². The molecule has 1 aliphatic rings. The summed E-state index contributed by atoms with van der Waals surface area (Å²) in [6.45, 7) is 11.2. The van der Waals surface area contributed by atoms with Crippen LogP contribution in [0.25, 0.3) is 0 Å². The Labute approximate surface area is 174 Å². The molecule has 1 fully saturated rings. The van der Waals surface area contributed by atoms with E-state index >= 15 is 0 Å². The van der Waals surface area contributed by atoms with Gasteiger partial charge in [-0.05, 0) is 68.5 Å². The number of carbonyl (C=O) groups excluding carboxylic acids is 2. The highest BCUT2D eigenvalue weighted by Crippen LogP contribution is 2.26. The Bertz CT molecular complexity index is 628. The first kappa shape index (κ1) is 24.2. The zero-order valence-corrected chi connectivity index (χ0v) is 18.2. The Morgan fingerprint density at radius 2 is 1.79 bits per heavy atom. The van der Waals surface area contributed by atoms with Gasteiger partial charge in [-0.25, -0.2) is 0 Å². The average molecular weight is 412 g/mol. The Morgan fingerprint density at radius 1 is 1.18 bits per heavy atom. The molecule has 1 unspecified atom stereocenters. The van der Waals surface area contributed by atoms with Crippen LogP contribution in [-0.2, 0) is 4.79 Å². The molecule has 6 nitrogen and oxygen atoms in total. The summed E-state index contributed by atoms with van der Waals surface area (Å²) in [5.41, 5.74) is 0.629. The van der Waals surface area contributed by atoms with E-state index in [1.165, 1.54) is 0 Å². The number of hydrogen-bond donors (Lipinski definition) is 3. The molecule has 0 aliphatic carbocycles. The minimum atomic E-state index is -0.561. The largest absolute Gasteiger partial charge is 0.494 e. The smallest absolute Gasteiger partial charge is 0.251 e. The van der Waals surface area contributed by atoms with Crippen LogP contribution in [0.4, 0.5) is 0 Å². The fourth-order valence-corrected chi connectivity index (χ4v) is 3.25. The number of carbonyl (C=O) groups is 2. The van der Waals surface area contributed by atoms with Crippen LogP contribution < -0.4 is 20.7 Å². The third-order valence-corrected chi connectivity index (χ3v) is 5.16. The minimum absolute atomic E-state index is 0. The maximum absolute atomic E-state index is 12.7. The lowest BCUT2D eigenvalue weighted by atomic mass is 9.81. The van der Waals surface area contributed by atoms with E-state index in [9.17, 15) is 9.59 Å². The van der Waals surface area contributed by atoms with Gasteiger partial charge in [-0.2, -0.15) is 0 Å². The predicted octanol–water partition coefficient (Wildman–Crippen LogP) is 2.77. The molecular weight excluding hydrogens is 378 g/mol. The molecule has 1 atom stereocenters.